The van der Waals surface area contributed by atoms with Crippen LogP contribution in [0.25, 0.3) is 11.4 Å². The van der Waals surface area contributed by atoms with Crippen LogP contribution in [0.1, 0.15) is 24.1 Å². The lowest BCUT2D eigenvalue weighted by molar-refractivity contribution is -0.122. The Morgan fingerprint density at radius 3 is 2.77 bits per heavy atom. The zero-order valence-electron chi connectivity index (χ0n) is 14.9. The van der Waals surface area contributed by atoms with E-state index in [0.717, 1.165) is 68.2 Å². The number of hydrogen-bond donors (Lipinski definition) is 2. The normalized spacial score (nSPS) is 20.3. The van der Waals surface area contributed by atoms with Crippen molar-refractivity contribution in [1.29, 1.82) is 0 Å². The molecule has 0 bridgehead atoms. The largest absolute Gasteiger partial charge is 0.369 e. The van der Waals surface area contributed by atoms with E-state index in [2.05, 4.69) is 10.2 Å². The highest BCUT2D eigenvalue weighted by Gasteiger charge is 2.28. The SMILES string of the molecule is NC(=O)C1CCCN(c2nc(-c3ccccc3)nc3c2CCNCC3)C1. The van der Waals surface area contributed by atoms with Crippen LogP contribution in [-0.2, 0) is 17.6 Å². The smallest absolute Gasteiger partial charge is 0.222 e. The van der Waals surface area contributed by atoms with Gasteiger partial charge in [-0.1, -0.05) is 30.3 Å². The summed E-state index contributed by atoms with van der Waals surface area (Å²) in [6.45, 7) is 3.43. The van der Waals surface area contributed by atoms with Crippen LogP contribution in [0.5, 0.6) is 0 Å². The molecule has 3 heterocycles. The zero-order valence-corrected chi connectivity index (χ0v) is 14.9. The van der Waals surface area contributed by atoms with Crippen molar-refractivity contribution in [2.75, 3.05) is 31.1 Å². The molecule has 6 heteroatoms. The maximum Gasteiger partial charge on any atom is 0.222 e. The second-order valence-corrected chi connectivity index (χ2v) is 7.10. The Labute approximate surface area is 153 Å². The third-order valence-corrected chi connectivity index (χ3v) is 5.32. The summed E-state index contributed by atoms with van der Waals surface area (Å²) in [6.07, 6.45) is 3.65. The van der Waals surface area contributed by atoms with Gasteiger partial charge in [-0.3, -0.25) is 4.79 Å². The molecule has 0 aliphatic carbocycles. The number of nitrogens with zero attached hydrogens (tertiary/aromatic N) is 3. The third kappa shape index (κ3) is 3.42. The Kier molecular flexibility index (Phi) is 4.84. The predicted octanol–water partition coefficient (Wildman–Crippen LogP) is 1.53. The molecule has 26 heavy (non-hydrogen) atoms. The number of anilines is 1. The first-order valence-electron chi connectivity index (χ1n) is 9.42. The number of carbonyl (C=O) groups is 1. The number of hydrogen-bond acceptors (Lipinski definition) is 5. The van der Waals surface area contributed by atoms with Gasteiger partial charge in [0.1, 0.15) is 5.82 Å². The van der Waals surface area contributed by atoms with Gasteiger partial charge in [0.15, 0.2) is 5.82 Å². The molecule has 136 valence electrons. The molecule has 1 unspecified atom stereocenters. The Bertz CT molecular complexity index is 792. The second kappa shape index (κ2) is 7.41. The van der Waals surface area contributed by atoms with Gasteiger partial charge in [0.05, 0.1) is 11.6 Å². The maximum atomic E-state index is 11.7. The van der Waals surface area contributed by atoms with E-state index in [1.165, 1.54) is 5.56 Å². The van der Waals surface area contributed by atoms with E-state index in [9.17, 15) is 4.79 Å². The van der Waals surface area contributed by atoms with Gasteiger partial charge in [0.25, 0.3) is 0 Å². The molecular formula is C20H25N5O. The van der Waals surface area contributed by atoms with Crippen LogP contribution in [0.15, 0.2) is 30.3 Å². The van der Waals surface area contributed by atoms with Crippen molar-refractivity contribution in [2.45, 2.75) is 25.7 Å². The number of primary amides is 1. The van der Waals surface area contributed by atoms with Gasteiger partial charge >= 0.3 is 0 Å². The highest BCUT2D eigenvalue weighted by atomic mass is 16.1. The summed E-state index contributed by atoms with van der Waals surface area (Å²) in [5.41, 5.74) is 8.96. The molecule has 0 spiro atoms. The van der Waals surface area contributed by atoms with Crippen molar-refractivity contribution in [2.24, 2.45) is 11.7 Å². The quantitative estimate of drug-likeness (QED) is 0.876. The Morgan fingerprint density at radius 2 is 1.96 bits per heavy atom. The summed E-state index contributed by atoms with van der Waals surface area (Å²) in [5, 5.41) is 3.45. The second-order valence-electron chi connectivity index (χ2n) is 7.10. The number of fused-ring (bicyclic) bond motifs is 1. The number of nitrogens with one attached hydrogen (secondary N) is 1. The lowest BCUT2D eigenvalue weighted by atomic mass is 9.96. The van der Waals surface area contributed by atoms with Crippen LogP contribution >= 0.6 is 0 Å². The number of piperidine rings is 1. The van der Waals surface area contributed by atoms with Gasteiger partial charge in [-0.25, -0.2) is 9.97 Å². The van der Waals surface area contributed by atoms with E-state index in [4.69, 9.17) is 15.7 Å². The fourth-order valence-electron chi connectivity index (χ4n) is 3.90. The van der Waals surface area contributed by atoms with Crippen LogP contribution in [0.2, 0.25) is 0 Å². The first-order chi connectivity index (χ1) is 12.7. The van der Waals surface area contributed by atoms with Gasteiger partial charge in [-0.2, -0.15) is 0 Å². The molecule has 4 rings (SSSR count). The number of aromatic nitrogens is 2. The highest BCUT2D eigenvalue weighted by molar-refractivity contribution is 5.77. The molecule has 2 aliphatic heterocycles. The molecular weight excluding hydrogens is 326 g/mol. The average molecular weight is 351 g/mol. The molecule has 1 saturated heterocycles. The van der Waals surface area contributed by atoms with Crippen LogP contribution in [0, 0.1) is 5.92 Å². The summed E-state index contributed by atoms with van der Waals surface area (Å²) in [6, 6.07) is 10.1. The molecule has 2 aromatic rings. The summed E-state index contributed by atoms with van der Waals surface area (Å²) in [7, 11) is 0. The van der Waals surface area contributed by atoms with E-state index in [-0.39, 0.29) is 11.8 Å². The van der Waals surface area contributed by atoms with E-state index in [0.29, 0.717) is 6.54 Å². The van der Waals surface area contributed by atoms with Crippen molar-refractivity contribution in [3.63, 3.8) is 0 Å². The summed E-state index contributed by atoms with van der Waals surface area (Å²) in [5.74, 6) is 1.45. The van der Waals surface area contributed by atoms with Gasteiger partial charge in [0.2, 0.25) is 5.91 Å². The minimum atomic E-state index is -0.209. The molecule has 1 amide bonds. The lowest BCUT2D eigenvalue weighted by Gasteiger charge is -2.33. The van der Waals surface area contributed by atoms with E-state index < -0.39 is 0 Å². The molecule has 1 fully saturated rings. The van der Waals surface area contributed by atoms with E-state index >= 15 is 0 Å². The van der Waals surface area contributed by atoms with E-state index in [1.54, 1.807) is 0 Å². The van der Waals surface area contributed by atoms with Crippen LogP contribution < -0.4 is 16.0 Å². The number of rotatable bonds is 3. The van der Waals surface area contributed by atoms with Crippen LogP contribution in [-0.4, -0.2) is 42.1 Å². The van der Waals surface area contributed by atoms with Gasteiger partial charge in [-0.05, 0) is 25.8 Å². The Hall–Kier alpha value is -2.47. The monoisotopic (exact) mass is 351 g/mol. The standard InChI is InChI=1S/C20H25N5O/c21-18(26)15-7-4-12-25(13-15)20-16-8-10-22-11-9-17(16)23-19(24-20)14-5-2-1-3-6-14/h1-3,5-6,15,22H,4,7-13H2,(H2,21,26). The van der Waals surface area contributed by atoms with Gasteiger partial charge < -0.3 is 16.0 Å². The Morgan fingerprint density at radius 1 is 1.15 bits per heavy atom. The molecule has 3 N–H and O–H groups in total. The molecule has 6 nitrogen and oxygen atoms in total. The number of amides is 1. The third-order valence-electron chi connectivity index (χ3n) is 5.32. The molecule has 1 aromatic carbocycles. The summed E-state index contributed by atoms with van der Waals surface area (Å²) >= 11 is 0. The highest BCUT2D eigenvalue weighted by Crippen LogP contribution is 2.30. The average Bonchev–Trinajstić information content (AvgIpc) is 2.93. The van der Waals surface area contributed by atoms with Gasteiger partial charge in [0, 0.05) is 37.2 Å². The fraction of sp³-hybridized carbons (Fsp3) is 0.450. The van der Waals surface area contributed by atoms with Crippen LogP contribution in [0.3, 0.4) is 0 Å². The van der Waals surface area contributed by atoms with E-state index in [1.807, 2.05) is 30.3 Å². The Balaban J connectivity index is 1.77. The van der Waals surface area contributed by atoms with Crippen molar-refractivity contribution in [3.8, 4) is 11.4 Å². The number of nitrogens with two attached hydrogens (primary N) is 1. The topological polar surface area (TPSA) is 84.1 Å². The number of benzene rings is 1. The fourth-order valence-corrected chi connectivity index (χ4v) is 3.90. The van der Waals surface area contributed by atoms with Crippen molar-refractivity contribution >= 4 is 11.7 Å². The minimum Gasteiger partial charge on any atom is -0.369 e. The number of carbonyl (C=O) groups excluding carboxylic acids is 1. The zero-order chi connectivity index (χ0) is 17.9. The van der Waals surface area contributed by atoms with Crippen molar-refractivity contribution in [3.05, 3.63) is 41.6 Å². The van der Waals surface area contributed by atoms with Gasteiger partial charge in [-0.15, -0.1) is 0 Å². The van der Waals surface area contributed by atoms with Crippen molar-refractivity contribution < 1.29 is 4.79 Å². The molecule has 0 saturated carbocycles. The minimum absolute atomic E-state index is 0.0987. The first kappa shape index (κ1) is 17.0. The van der Waals surface area contributed by atoms with Crippen LogP contribution in [0.4, 0.5) is 5.82 Å². The molecule has 1 atom stereocenters. The molecule has 0 radical (unpaired) electrons. The molecule has 1 aromatic heterocycles. The van der Waals surface area contributed by atoms with Crippen molar-refractivity contribution in [1.82, 2.24) is 15.3 Å². The predicted molar refractivity (Wildman–Crippen MR) is 102 cm³/mol. The maximum absolute atomic E-state index is 11.7. The first-order valence-corrected chi connectivity index (χ1v) is 9.42. The summed E-state index contributed by atoms with van der Waals surface area (Å²) in [4.78, 5) is 23.8. The lowest BCUT2D eigenvalue weighted by Crippen LogP contribution is -2.42. The molecule has 2 aliphatic rings. The summed E-state index contributed by atoms with van der Waals surface area (Å²) < 4.78 is 0.